The number of allylic oxidation sites excluding steroid dienone is 1. The van der Waals surface area contributed by atoms with Crippen molar-refractivity contribution < 1.29 is 9.13 Å². The number of nitrogens with zero attached hydrogens (tertiary/aromatic N) is 2. The van der Waals surface area contributed by atoms with Crippen LogP contribution in [0.25, 0.3) is 0 Å². The molecule has 1 aromatic carbocycles. The fourth-order valence-electron chi connectivity index (χ4n) is 1.39. The summed E-state index contributed by atoms with van der Waals surface area (Å²) < 4.78 is 18.7. The lowest BCUT2D eigenvalue weighted by Gasteiger charge is -2.06. The standard InChI is InChI=1S/C14H13FN2O/c1-2-13(15)14-16-8-12(9-17-14)18-10-11-6-4-3-5-7-11/h2-9,13H,1,10H2. The molecule has 0 aliphatic heterocycles. The molecular formula is C14H13FN2O. The Hall–Kier alpha value is -2.23. The van der Waals surface area contributed by atoms with Gasteiger partial charge in [0.1, 0.15) is 6.61 Å². The van der Waals surface area contributed by atoms with Gasteiger partial charge in [0, 0.05) is 0 Å². The summed E-state index contributed by atoms with van der Waals surface area (Å²) in [7, 11) is 0. The van der Waals surface area contributed by atoms with E-state index in [2.05, 4.69) is 16.5 Å². The van der Waals surface area contributed by atoms with Gasteiger partial charge < -0.3 is 4.74 Å². The maximum absolute atomic E-state index is 13.2. The van der Waals surface area contributed by atoms with Crippen molar-refractivity contribution >= 4 is 0 Å². The molecule has 4 heteroatoms. The molecular weight excluding hydrogens is 231 g/mol. The summed E-state index contributed by atoms with van der Waals surface area (Å²) in [4.78, 5) is 7.76. The number of hydrogen-bond acceptors (Lipinski definition) is 3. The van der Waals surface area contributed by atoms with Crippen LogP contribution >= 0.6 is 0 Å². The molecule has 3 nitrogen and oxygen atoms in total. The molecule has 0 saturated heterocycles. The molecule has 2 aromatic rings. The molecule has 0 fully saturated rings. The fraction of sp³-hybridized carbons (Fsp3) is 0.143. The summed E-state index contributed by atoms with van der Waals surface area (Å²) in [6.45, 7) is 3.78. The van der Waals surface area contributed by atoms with Gasteiger partial charge in [-0.2, -0.15) is 0 Å². The van der Waals surface area contributed by atoms with Crippen molar-refractivity contribution in [3.05, 3.63) is 66.8 Å². The minimum Gasteiger partial charge on any atom is -0.486 e. The van der Waals surface area contributed by atoms with E-state index in [4.69, 9.17) is 4.74 Å². The van der Waals surface area contributed by atoms with Crippen LogP contribution in [0.4, 0.5) is 4.39 Å². The van der Waals surface area contributed by atoms with Crippen molar-refractivity contribution in [1.29, 1.82) is 0 Å². The van der Waals surface area contributed by atoms with Gasteiger partial charge in [-0.3, -0.25) is 0 Å². The first-order chi connectivity index (χ1) is 8.79. The van der Waals surface area contributed by atoms with Gasteiger partial charge in [0.15, 0.2) is 17.7 Å². The van der Waals surface area contributed by atoms with Gasteiger partial charge >= 0.3 is 0 Å². The summed E-state index contributed by atoms with van der Waals surface area (Å²) in [5.41, 5.74) is 1.05. The summed E-state index contributed by atoms with van der Waals surface area (Å²) in [6, 6.07) is 9.75. The van der Waals surface area contributed by atoms with Crippen LogP contribution in [0.5, 0.6) is 5.75 Å². The van der Waals surface area contributed by atoms with Crippen LogP contribution in [0.15, 0.2) is 55.4 Å². The molecule has 92 valence electrons. The summed E-state index contributed by atoms with van der Waals surface area (Å²) in [5.74, 6) is 0.607. The lowest BCUT2D eigenvalue weighted by atomic mass is 10.2. The van der Waals surface area contributed by atoms with Crippen LogP contribution in [0.3, 0.4) is 0 Å². The topological polar surface area (TPSA) is 35.0 Å². The Morgan fingerprint density at radius 3 is 2.50 bits per heavy atom. The van der Waals surface area contributed by atoms with Crippen molar-refractivity contribution in [3.63, 3.8) is 0 Å². The molecule has 0 aliphatic rings. The molecule has 1 unspecified atom stereocenters. The van der Waals surface area contributed by atoms with E-state index in [0.29, 0.717) is 12.4 Å². The van der Waals surface area contributed by atoms with Crippen molar-refractivity contribution in [3.8, 4) is 5.75 Å². The van der Waals surface area contributed by atoms with Crippen LogP contribution in [0.2, 0.25) is 0 Å². The highest BCUT2D eigenvalue weighted by Crippen LogP contribution is 2.16. The van der Waals surface area contributed by atoms with Gasteiger partial charge in [0.25, 0.3) is 0 Å². The van der Waals surface area contributed by atoms with Crippen LogP contribution in [0.1, 0.15) is 17.6 Å². The first kappa shape index (κ1) is 12.2. The normalized spacial score (nSPS) is 11.8. The Bertz CT molecular complexity index is 499. The highest BCUT2D eigenvalue weighted by Gasteiger charge is 2.08. The summed E-state index contributed by atoms with van der Waals surface area (Å²) in [6.07, 6.45) is 2.73. The van der Waals surface area contributed by atoms with Gasteiger partial charge in [-0.1, -0.05) is 43.0 Å². The average Bonchev–Trinajstić information content (AvgIpc) is 2.46. The van der Waals surface area contributed by atoms with E-state index < -0.39 is 6.17 Å². The molecule has 0 amide bonds. The zero-order chi connectivity index (χ0) is 12.8. The van der Waals surface area contributed by atoms with E-state index in [1.807, 2.05) is 30.3 Å². The highest BCUT2D eigenvalue weighted by atomic mass is 19.1. The minimum atomic E-state index is -1.34. The molecule has 0 aliphatic carbocycles. The van der Waals surface area contributed by atoms with E-state index in [-0.39, 0.29) is 5.82 Å². The Labute approximate surface area is 105 Å². The van der Waals surface area contributed by atoms with Gasteiger partial charge in [-0.15, -0.1) is 0 Å². The zero-order valence-corrected chi connectivity index (χ0v) is 9.79. The third kappa shape index (κ3) is 3.13. The van der Waals surface area contributed by atoms with E-state index in [9.17, 15) is 4.39 Å². The quantitative estimate of drug-likeness (QED) is 0.757. The van der Waals surface area contributed by atoms with Crippen LogP contribution in [-0.2, 0) is 6.61 Å². The monoisotopic (exact) mass is 244 g/mol. The number of rotatable bonds is 5. The highest BCUT2D eigenvalue weighted by molar-refractivity contribution is 5.17. The maximum Gasteiger partial charge on any atom is 0.177 e. The molecule has 0 N–H and O–H groups in total. The van der Waals surface area contributed by atoms with Crippen LogP contribution < -0.4 is 4.74 Å². The predicted molar refractivity (Wildman–Crippen MR) is 66.9 cm³/mol. The SMILES string of the molecule is C=CC(F)c1ncc(OCc2ccccc2)cn1. The lowest BCUT2D eigenvalue weighted by molar-refractivity contribution is 0.302. The van der Waals surface area contributed by atoms with E-state index in [0.717, 1.165) is 11.6 Å². The second kappa shape index (κ2) is 5.91. The Morgan fingerprint density at radius 1 is 1.22 bits per heavy atom. The molecule has 0 saturated carbocycles. The largest absolute Gasteiger partial charge is 0.486 e. The number of ether oxygens (including phenoxy) is 1. The summed E-state index contributed by atoms with van der Waals surface area (Å²) >= 11 is 0. The third-order valence-electron chi connectivity index (χ3n) is 2.35. The molecule has 0 spiro atoms. The average molecular weight is 244 g/mol. The van der Waals surface area contributed by atoms with Crippen LogP contribution in [0, 0.1) is 0 Å². The van der Waals surface area contributed by atoms with Gasteiger partial charge in [0.05, 0.1) is 12.4 Å². The van der Waals surface area contributed by atoms with Crippen molar-refractivity contribution in [2.45, 2.75) is 12.8 Å². The molecule has 1 atom stereocenters. The van der Waals surface area contributed by atoms with Gasteiger partial charge in [-0.05, 0) is 5.56 Å². The van der Waals surface area contributed by atoms with Crippen molar-refractivity contribution in [1.82, 2.24) is 9.97 Å². The van der Waals surface area contributed by atoms with E-state index in [1.165, 1.54) is 12.4 Å². The second-order valence-corrected chi connectivity index (χ2v) is 3.69. The number of hydrogen-bond donors (Lipinski definition) is 0. The third-order valence-corrected chi connectivity index (χ3v) is 2.35. The molecule has 0 radical (unpaired) electrons. The predicted octanol–water partition coefficient (Wildman–Crippen LogP) is 3.25. The molecule has 1 aromatic heterocycles. The van der Waals surface area contributed by atoms with E-state index in [1.54, 1.807) is 0 Å². The number of halogens is 1. The first-order valence-electron chi connectivity index (χ1n) is 5.55. The molecule has 0 bridgehead atoms. The Morgan fingerprint density at radius 2 is 1.89 bits per heavy atom. The smallest absolute Gasteiger partial charge is 0.177 e. The van der Waals surface area contributed by atoms with Gasteiger partial charge in [-0.25, -0.2) is 14.4 Å². The Kier molecular flexibility index (Phi) is 4.02. The number of alkyl halides is 1. The Balaban J connectivity index is 1.96. The van der Waals surface area contributed by atoms with Gasteiger partial charge in [0.2, 0.25) is 0 Å². The maximum atomic E-state index is 13.2. The minimum absolute atomic E-state index is 0.0945. The number of benzene rings is 1. The molecule has 18 heavy (non-hydrogen) atoms. The second-order valence-electron chi connectivity index (χ2n) is 3.69. The first-order valence-corrected chi connectivity index (χ1v) is 5.55. The van der Waals surface area contributed by atoms with Crippen molar-refractivity contribution in [2.75, 3.05) is 0 Å². The fourth-order valence-corrected chi connectivity index (χ4v) is 1.39. The van der Waals surface area contributed by atoms with Crippen molar-refractivity contribution in [2.24, 2.45) is 0 Å². The summed E-state index contributed by atoms with van der Waals surface area (Å²) in [5, 5.41) is 0. The molecule has 1 heterocycles. The van der Waals surface area contributed by atoms with Crippen LogP contribution in [-0.4, -0.2) is 9.97 Å². The van der Waals surface area contributed by atoms with E-state index >= 15 is 0 Å². The lowest BCUT2D eigenvalue weighted by Crippen LogP contribution is -2.00. The molecule has 2 rings (SSSR count). The zero-order valence-electron chi connectivity index (χ0n) is 9.79. The number of aromatic nitrogens is 2.